The van der Waals surface area contributed by atoms with E-state index in [1.807, 2.05) is 90.4 Å². The molecule has 4 heterocycles. The SMILES string of the molecule is C.C.C.C.C.C.C.CNc1cc(=O)n(-c2ccc(I)cc2F)c(=O)n1C.CNc1cc(=O)n(C)c(=O)n1-c1ccc(I)cc1F.CO.Cn1c(=O)cc(Cl)n(-c2ccc(I)cc2F)c1=O.Cn1c(Cl)cc(=O)n(-c2ccc(I)cc2F)c1=O. The first-order valence-electron chi connectivity index (χ1n) is 21.0. The molecule has 0 spiro atoms. The Hall–Kier alpha value is -5.62. The van der Waals surface area contributed by atoms with Crippen molar-refractivity contribution in [3.05, 3.63) is 228 Å². The van der Waals surface area contributed by atoms with Gasteiger partial charge in [0.15, 0.2) is 0 Å². The summed E-state index contributed by atoms with van der Waals surface area (Å²) in [5.41, 5.74) is -4.81. The van der Waals surface area contributed by atoms with E-state index in [1.165, 1.54) is 93.4 Å². The van der Waals surface area contributed by atoms with Crippen LogP contribution in [0.4, 0.5) is 29.2 Å². The molecule has 0 bridgehead atoms. The summed E-state index contributed by atoms with van der Waals surface area (Å²) in [5, 5.41) is 12.3. The number of nitrogens with one attached hydrogen (secondary N) is 2. The quantitative estimate of drug-likeness (QED) is 0.0807. The van der Waals surface area contributed by atoms with Crippen LogP contribution in [0.2, 0.25) is 10.3 Å². The zero-order valence-electron chi connectivity index (χ0n) is 40.3. The molecule has 83 heavy (non-hydrogen) atoms. The van der Waals surface area contributed by atoms with Gasteiger partial charge in [0.05, 0.1) is 22.7 Å². The molecule has 8 aromatic rings. The number of hydrogen-bond acceptors (Lipinski definition) is 11. The van der Waals surface area contributed by atoms with Crippen LogP contribution in [0.3, 0.4) is 0 Å². The molecule has 0 saturated heterocycles. The average Bonchev–Trinajstić information content (AvgIpc) is 3.43. The fourth-order valence-electron chi connectivity index (χ4n) is 6.42. The third-order valence-corrected chi connectivity index (χ3v) is 13.6. The predicted octanol–water partition coefficient (Wildman–Crippen LogP) is 10.6. The largest absolute Gasteiger partial charge is 0.400 e. The second-order valence-corrected chi connectivity index (χ2v) is 20.7. The van der Waals surface area contributed by atoms with Crippen LogP contribution in [0, 0.1) is 37.5 Å². The molecule has 458 valence electrons. The highest BCUT2D eigenvalue weighted by Crippen LogP contribution is 2.20. The average molecular weight is 1660 g/mol. The van der Waals surface area contributed by atoms with Crippen molar-refractivity contribution in [2.45, 2.75) is 52.0 Å². The number of nitrogens with zero attached hydrogens (tertiary/aromatic N) is 8. The lowest BCUT2D eigenvalue weighted by atomic mass is 10.3. The second kappa shape index (κ2) is 36.9. The standard InChI is InChI=1S/2C12H11FIN3O2.2C11H7ClFIN2O2.CH4O.7CH4/c1-15-10-6-11(18)16(2)12(19)17(10)9-4-3-7(14)5-8(9)13;1-15-10-6-11(18)17(12(19)16(10)2)9-4-3-7(14)5-8(9)13;1-15-10(17)5-9(12)16(11(15)18)8-3-2-6(14)4-7(8)13;1-15-9(12)5-10(17)16(11(15)18)8-3-2-6(14)4-7(8)13;1-2;;;;;;;/h2*3-6,15H,1-2H3;2*2-5H,1H3;2H,1H3;7*1H4. The summed E-state index contributed by atoms with van der Waals surface area (Å²) in [4.78, 5) is 94.7. The maximum absolute atomic E-state index is 14.0. The van der Waals surface area contributed by atoms with Crippen molar-refractivity contribution in [1.82, 2.24) is 36.5 Å². The van der Waals surface area contributed by atoms with E-state index in [0.29, 0.717) is 16.5 Å². The van der Waals surface area contributed by atoms with Crippen molar-refractivity contribution in [1.29, 1.82) is 0 Å². The molecule has 0 aliphatic heterocycles. The Kier molecular flexibility index (Phi) is 37.3. The van der Waals surface area contributed by atoms with Crippen LogP contribution in [0.5, 0.6) is 0 Å². The van der Waals surface area contributed by atoms with Crippen molar-refractivity contribution in [3.8, 4) is 22.7 Å². The molecule has 0 fully saturated rings. The lowest BCUT2D eigenvalue weighted by Gasteiger charge is -2.14. The number of aliphatic hydroxyl groups is 1. The van der Waals surface area contributed by atoms with Crippen LogP contribution in [-0.4, -0.2) is 62.8 Å². The maximum atomic E-state index is 14.0. The predicted molar refractivity (Wildman–Crippen MR) is 364 cm³/mol. The fourth-order valence-corrected chi connectivity index (χ4v) is 8.65. The molecule has 0 saturated carbocycles. The molecular weight excluding hydrogens is 1590 g/mol. The highest BCUT2D eigenvalue weighted by molar-refractivity contribution is 14.1. The van der Waals surface area contributed by atoms with Gasteiger partial charge in [0.25, 0.3) is 22.2 Å². The fraction of sp³-hybridized carbons (Fsp3) is 0.259. The topological polar surface area (TPSA) is 220 Å². The van der Waals surface area contributed by atoms with Gasteiger partial charge in [-0.25, -0.2) is 55.0 Å². The molecule has 29 heteroatoms. The second-order valence-electron chi connectivity index (χ2n) is 14.9. The Labute approximate surface area is 542 Å². The summed E-state index contributed by atoms with van der Waals surface area (Å²) in [5.74, 6) is -1.73. The molecule has 4 aromatic heterocycles. The van der Waals surface area contributed by atoms with E-state index >= 15 is 0 Å². The summed E-state index contributed by atoms with van der Waals surface area (Å²) in [7, 11) is 9.74. The van der Waals surface area contributed by atoms with Gasteiger partial charge in [-0.15, -0.1) is 0 Å². The van der Waals surface area contributed by atoms with E-state index in [-0.39, 0.29) is 90.9 Å². The van der Waals surface area contributed by atoms with E-state index in [0.717, 1.165) is 54.8 Å². The van der Waals surface area contributed by atoms with Crippen LogP contribution in [0.15, 0.2) is 135 Å². The Morgan fingerprint density at radius 2 is 0.627 bits per heavy atom. The van der Waals surface area contributed by atoms with E-state index in [1.54, 1.807) is 38.4 Å². The molecule has 8 rings (SSSR count). The Morgan fingerprint density at radius 3 is 0.976 bits per heavy atom. The number of aromatic nitrogens is 8. The molecule has 0 atom stereocenters. The van der Waals surface area contributed by atoms with Gasteiger partial charge < -0.3 is 15.7 Å². The monoisotopic (exact) mass is 1650 g/mol. The molecule has 4 aromatic carbocycles. The van der Waals surface area contributed by atoms with Crippen LogP contribution in [0.25, 0.3) is 22.7 Å². The first kappa shape index (κ1) is 83.8. The summed E-state index contributed by atoms with van der Waals surface area (Å²) < 4.78 is 66.0. The Bertz CT molecular complexity index is 4010. The third-order valence-electron chi connectivity index (χ3n) is 10.3. The van der Waals surface area contributed by atoms with Crippen LogP contribution >= 0.6 is 114 Å². The van der Waals surface area contributed by atoms with Gasteiger partial charge in [0.1, 0.15) is 45.2 Å². The lowest BCUT2D eigenvalue weighted by Crippen LogP contribution is -2.38. The lowest BCUT2D eigenvalue weighted by molar-refractivity contribution is 0.399. The number of benzene rings is 4. The van der Waals surface area contributed by atoms with Crippen molar-refractivity contribution >= 4 is 125 Å². The van der Waals surface area contributed by atoms with E-state index in [9.17, 15) is 55.9 Å². The van der Waals surface area contributed by atoms with Crippen molar-refractivity contribution in [2.24, 2.45) is 28.2 Å². The molecule has 0 amide bonds. The van der Waals surface area contributed by atoms with E-state index < -0.39 is 68.3 Å². The zero-order chi connectivity index (χ0) is 57.2. The number of halogens is 10. The Morgan fingerprint density at radius 1 is 0.361 bits per heavy atom. The first-order valence-corrected chi connectivity index (χ1v) is 26.1. The van der Waals surface area contributed by atoms with Crippen LogP contribution in [-0.2, 0) is 28.2 Å². The normalized spacial score (nSPS) is 9.52. The van der Waals surface area contributed by atoms with Gasteiger partial charge >= 0.3 is 22.8 Å². The minimum absolute atomic E-state index is 0. The van der Waals surface area contributed by atoms with Gasteiger partial charge in [-0.3, -0.25) is 37.4 Å². The molecular formula is C54H68Cl2F4I4N10O9. The van der Waals surface area contributed by atoms with Crippen molar-refractivity contribution in [3.63, 3.8) is 0 Å². The zero-order valence-corrected chi connectivity index (χ0v) is 50.5. The van der Waals surface area contributed by atoms with Gasteiger partial charge in [0.2, 0.25) is 0 Å². The van der Waals surface area contributed by atoms with Crippen molar-refractivity contribution in [2.75, 3.05) is 31.8 Å². The molecule has 0 radical (unpaired) electrons. The van der Waals surface area contributed by atoms with Gasteiger partial charge in [0, 0.05) is 87.9 Å². The van der Waals surface area contributed by atoms with Crippen molar-refractivity contribution < 1.29 is 22.7 Å². The molecule has 19 nitrogen and oxygen atoms in total. The number of aliphatic hydroxyl groups excluding tert-OH is 1. The molecule has 0 aliphatic carbocycles. The molecule has 0 aliphatic rings. The minimum Gasteiger partial charge on any atom is -0.400 e. The summed E-state index contributed by atoms with van der Waals surface area (Å²) in [6.07, 6.45) is 0. The van der Waals surface area contributed by atoms with Crippen LogP contribution in [0.1, 0.15) is 52.0 Å². The van der Waals surface area contributed by atoms with Gasteiger partial charge in [-0.1, -0.05) is 75.2 Å². The Balaban J connectivity index is -0.000000483. The van der Waals surface area contributed by atoms with E-state index in [2.05, 4.69) is 10.6 Å². The number of rotatable bonds is 6. The van der Waals surface area contributed by atoms with Gasteiger partial charge in [-0.05, 0) is 163 Å². The third kappa shape index (κ3) is 19.7. The molecule has 0 unspecified atom stereocenters. The number of anilines is 2. The smallest absolute Gasteiger partial charge is 0.337 e. The molecule has 3 N–H and O–H groups in total. The summed E-state index contributed by atoms with van der Waals surface area (Å²) >= 11 is 19.4. The number of hydrogen-bond donors (Lipinski definition) is 3. The summed E-state index contributed by atoms with van der Waals surface area (Å²) in [6, 6.07) is 22.1. The first-order chi connectivity index (χ1) is 35.7. The highest BCUT2D eigenvalue weighted by Gasteiger charge is 2.17. The minimum atomic E-state index is -0.687. The van der Waals surface area contributed by atoms with Gasteiger partial charge in [-0.2, -0.15) is 0 Å². The van der Waals surface area contributed by atoms with E-state index in [4.69, 9.17) is 28.3 Å². The van der Waals surface area contributed by atoms with Crippen LogP contribution < -0.4 is 55.6 Å². The maximum Gasteiger partial charge on any atom is 0.337 e. The highest BCUT2D eigenvalue weighted by atomic mass is 127. The summed E-state index contributed by atoms with van der Waals surface area (Å²) in [6.45, 7) is 0.